The van der Waals surface area contributed by atoms with E-state index < -0.39 is 12.1 Å². The Hall–Kier alpha value is -1.99. The van der Waals surface area contributed by atoms with Gasteiger partial charge in [0.15, 0.2) is 0 Å². The maximum atomic E-state index is 12.6. The summed E-state index contributed by atoms with van der Waals surface area (Å²) in [5, 5.41) is 4.73. The molecule has 1 saturated heterocycles. The van der Waals surface area contributed by atoms with Gasteiger partial charge in [-0.2, -0.15) is 12.6 Å². The summed E-state index contributed by atoms with van der Waals surface area (Å²) in [6, 6.07) is 6.62. The molecule has 0 aromatic heterocycles. The van der Waals surface area contributed by atoms with Gasteiger partial charge in [-0.25, -0.2) is 0 Å². The SMILES string of the molecule is C=c1cccc/c1=C/C([B]NC(=O)[C@H]1CCCN1C(=O)[C@H](N)CS)=C\C. The summed E-state index contributed by atoms with van der Waals surface area (Å²) in [5.41, 5.74) is 6.63. The molecule has 0 bridgehead atoms. The summed E-state index contributed by atoms with van der Waals surface area (Å²) in [7, 11) is 1.66. The standard InChI is InChI=1S/C19H25BN3O2S/c1-3-15(11-14-8-5-4-7-13(14)2)20-22-18(24)17-9-6-10-23(17)19(25)16(21)12-26/h3-5,7-8,11,16-17,26H,2,6,9-10,12,21H2,1H3,(H,22,24)/b14-11-,15-3+/t16-,17-/m1/s1. The molecule has 3 N–H and O–H groups in total. The molecule has 1 radical (unpaired) electrons. The van der Waals surface area contributed by atoms with E-state index in [0.29, 0.717) is 13.0 Å². The minimum absolute atomic E-state index is 0.196. The molecule has 7 heteroatoms. The number of nitrogens with one attached hydrogen (secondary N) is 1. The topological polar surface area (TPSA) is 75.4 Å². The fourth-order valence-corrected chi connectivity index (χ4v) is 3.06. The zero-order chi connectivity index (χ0) is 19.1. The van der Waals surface area contributed by atoms with E-state index in [1.54, 1.807) is 12.3 Å². The first kappa shape index (κ1) is 20.3. The van der Waals surface area contributed by atoms with Gasteiger partial charge in [0.05, 0.1) is 6.04 Å². The van der Waals surface area contributed by atoms with Crippen molar-refractivity contribution < 1.29 is 9.59 Å². The van der Waals surface area contributed by atoms with Crippen LogP contribution in [0.15, 0.2) is 35.8 Å². The summed E-state index contributed by atoms with van der Waals surface area (Å²) in [6.45, 7) is 6.45. The lowest BCUT2D eigenvalue weighted by Gasteiger charge is -2.26. The summed E-state index contributed by atoms with van der Waals surface area (Å²) in [6.07, 6.45) is 5.29. The molecule has 1 aromatic carbocycles. The van der Waals surface area contributed by atoms with Crippen molar-refractivity contribution in [2.24, 2.45) is 5.73 Å². The van der Waals surface area contributed by atoms with Crippen LogP contribution in [0, 0.1) is 0 Å². The summed E-state index contributed by atoms with van der Waals surface area (Å²) < 4.78 is 0. The van der Waals surface area contributed by atoms with Gasteiger partial charge in [0.2, 0.25) is 11.8 Å². The molecule has 2 atom stereocenters. The molecule has 1 fully saturated rings. The number of benzene rings is 1. The zero-order valence-electron chi connectivity index (χ0n) is 15.0. The van der Waals surface area contributed by atoms with E-state index in [9.17, 15) is 9.59 Å². The molecule has 2 amide bonds. The van der Waals surface area contributed by atoms with Crippen LogP contribution in [0.4, 0.5) is 0 Å². The molecule has 0 aliphatic carbocycles. The highest BCUT2D eigenvalue weighted by atomic mass is 32.1. The number of thiol groups is 1. The lowest BCUT2D eigenvalue weighted by molar-refractivity contribution is -0.138. The van der Waals surface area contributed by atoms with Gasteiger partial charge in [-0.15, -0.1) is 0 Å². The number of nitrogens with two attached hydrogens (primary N) is 1. The number of rotatable bonds is 6. The van der Waals surface area contributed by atoms with Crippen LogP contribution in [0.3, 0.4) is 0 Å². The highest BCUT2D eigenvalue weighted by Gasteiger charge is 2.35. The average Bonchev–Trinajstić information content (AvgIpc) is 3.14. The number of carbonyl (C=O) groups excluding carboxylic acids is 2. The van der Waals surface area contributed by atoms with Crippen LogP contribution in [0.5, 0.6) is 0 Å². The number of allylic oxidation sites excluding steroid dienone is 2. The van der Waals surface area contributed by atoms with Gasteiger partial charge >= 0.3 is 0 Å². The van der Waals surface area contributed by atoms with Crippen molar-refractivity contribution in [2.75, 3.05) is 12.3 Å². The molecule has 0 unspecified atom stereocenters. The van der Waals surface area contributed by atoms with Crippen molar-refractivity contribution in [2.45, 2.75) is 31.8 Å². The third kappa shape index (κ3) is 5.02. The number of likely N-dealkylation sites (tertiary alicyclic amines) is 1. The van der Waals surface area contributed by atoms with E-state index >= 15 is 0 Å². The Morgan fingerprint density at radius 3 is 2.88 bits per heavy atom. The molecule has 0 saturated carbocycles. The number of hydrogen-bond donors (Lipinski definition) is 3. The van der Waals surface area contributed by atoms with Crippen molar-refractivity contribution in [1.82, 2.24) is 10.1 Å². The van der Waals surface area contributed by atoms with Crippen LogP contribution in [-0.4, -0.2) is 48.5 Å². The van der Waals surface area contributed by atoms with Gasteiger partial charge in [0, 0.05) is 12.3 Å². The Morgan fingerprint density at radius 1 is 1.50 bits per heavy atom. The van der Waals surface area contributed by atoms with E-state index in [1.807, 2.05) is 43.3 Å². The van der Waals surface area contributed by atoms with Crippen molar-refractivity contribution in [1.29, 1.82) is 0 Å². The minimum Gasteiger partial charge on any atom is -0.397 e. The van der Waals surface area contributed by atoms with Crippen LogP contribution >= 0.6 is 12.6 Å². The fraction of sp³-hybridized carbons (Fsp3) is 0.368. The van der Waals surface area contributed by atoms with Gasteiger partial charge in [0.25, 0.3) is 7.41 Å². The predicted molar refractivity (Wildman–Crippen MR) is 110 cm³/mol. The minimum atomic E-state index is -0.677. The normalized spacial score (nSPS) is 19.3. The number of amides is 2. The molecule has 137 valence electrons. The second-order valence-corrected chi connectivity index (χ2v) is 6.63. The number of nitrogens with zero attached hydrogens (tertiary/aromatic N) is 1. The Labute approximate surface area is 160 Å². The van der Waals surface area contributed by atoms with Gasteiger partial charge in [-0.3, -0.25) is 9.59 Å². The molecule has 1 aliphatic heterocycles. The van der Waals surface area contributed by atoms with Crippen molar-refractivity contribution in [3.63, 3.8) is 0 Å². The zero-order valence-corrected chi connectivity index (χ0v) is 15.9. The Balaban J connectivity index is 2.03. The maximum absolute atomic E-state index is 12.6. The highest BCUT2D eigenvalue weighted by molar-refractivity contribution is 7.80. The molecular formula is C19H25BN3O2S. The Morgan fingerprint density at radius 2 is 2.23 bits per heavy atom. The quantitative estimate of drug-likeness (QED) is 0.478. The summed E-state index contributed by atoms with van der Waals surface area (Å²) >= 11 is 4.07. The number of carbonyl (C=O) groups is 2. The first-order valence-corrected chi connectivity index (χ1v) is 9.33. The largest absolute Gasteiger partial charge is 0.397 e. The summed E-state index contributed by atoms with van der Waals surface area (Å²) in [5.74, 6) is -0.155. The van der Waals surface area contributed by atoms with E-state index in [-0.39, 0.29) is 17.6 Å². The van der Waals surface area contributed by atoms with Crippen LogP contribution in [0.2, 0.25) is 0 Å². The molecule has 1 heterocycles. The molecule has 1 aliphatic rings. The first-order chi connectivity index (χ1) is 12.5. The van der Waals surface area contributed by atoms with E-state index in [1.165, 1.54) is 0 Å². The Bertz CT molecular complexity index is 796. The van der Waals surface area contributed by atoms with E-state index in [0.717, 1.165) is 22.3 Å². The van der Waals surface area contributed by atoms with Gasteiger partial charge in [-0.1, -0.05) is 48.5 Å². The molecule has 1 aromatic rings. The van der Waals surface area contributed by atoms with E-state index in [2.05, 4.69) is 24.4 Å². The second-order valence-electron chi connectivity index (χ2n) is 6.26. The van der Waals surface area contributed by atoms with Crippen molar-refractivity contribution in [3.8, 4) is 0 Å². The lowest BCUT2D eigenvalue weighted by Crippen LogP contribution is -2.52. The van der Waals surface area contributed by atoms with Crippen LogP contribution < -0.4 is 21.4 Å². The fourth-order valence-electron chi connectivity index (χ4n) is 2.91. The number of hydrogen-bond acceptors (Lipinski definition) is 4. The van der Waals surface area contributed by atoms with Crippen LogP contribution in [0.25, 0.3) is 12.7 Å². The molecule has 2 rings (SSSR count). The van der Waals surface area contributed by atoms with E-state index in [4.69, 9.17) is 5.73 Å². The van der Waals surface area contributed by atoms with Gasteiger partial charge in [-0.05, 0) is 30.2 Å². The predicted octanol–water partition coefficient (Wildman–Crippen LogP) is -0.235. The third-order valence-corrected chi connectivity index (χ3v) is 4.84. The van der Waals surface area contributed by atoms with Crippen LogP contribution in [0.1, 0.15) is 19.8 Å². The lowest BCUT2D eigenvalue weighted by atomic mass is 9.80. The maximum Gasteiger partial charge on any atom is 0.284 e. The monoisotopic (exact) mass is 370 g/mol. The first-order valence-electron chi connectivity index (χ1n) is 8.70. The molecule has 5 nitrogen and oxygen atoms in total. The third-order valence-electron chi connectivity index (χ3n) is 4.44. The molecule has 0 spiro atoms. The van der Waals surface area contributed by atoms with Gasteiger partial charge in [0.1, 0.15) is 6.04 Å². The van der Waals surface area contributed by atoms with Crippen LogP contribution in [-0.2, 0) is 9.59 Å². The molecular weight excluding hydrogens is 345 g/mol. The second kappa shape index (κ2) is 9.64. The smallest absolute Gasteiger partial charge is 0.284 e. The highest BCUT2D eigenvalue weighted by Crippen LogP contribution is 2.18. The van der Waals surface area contributed by atoms with Crippen molar-refractivity contribution >= 4 is 44.5 Å². The van der Waals surface area contributed by atoms with Gasteiger partial charge < -0.3 is 15.9 Å². The molecule has 26 heavy (non-hydrogen) atoms. The van der Waals surface area contributed by atoms with Crippen molar-refractivity contribution in [3.05, 3.63) is 46.3 Å². The average molecular weight is 370 g/mol. The Kier molecular flexibility index (Phi) is 7.54. The summed E-state index contributed by atoms with van der Waals surface area (Å²) in [4.78, 5) is 26.4.